The van der Waals surface area contributed by atoms with Gasteiger partial charge in [0.25, 0.3) is 0 Å². The van der Waals surface area contributed by atoms with Crippen LogP contribution in [0.25, 0.3) is 33.3 Å². The van der Waals surface area contributed by atoms with Gasteiger partial charge in [-0.1, -0.05) is 42.5 Å². The zero-order valence-electron chi connectivity index (χ0n) is 16.9. The van der Waals surface area contributed by atoms with Gasteiger partial charge in [0.2, 0.25) is 5.28 Å². The van der Waals surface area contributed by atoms with Crippen LogP contribution >= 0.6 is 11.6 Å². The molecule has 32 heavy (non-hydrogen) atoms. The first-order valence-corrected chi connectivity index (χ1v) is 10.4. The number of fused-ring (bicyclic) bond motifs is 3. The van der Waals surface area contributed by atoms with Gasteiger partial charge in [-0.3, -0.25) is 0 Å². The third-order valence-electron chi connectivity index (χ3n) is 5.44. The number of hydrogen-bond acceptors (Lipinski definition) is 3. The molecule has 162 valence electrons. The minimum Gasteiger partial charge on any atom is -0.331 e. The van der Waals surface area contributed by atoms with Gasteiger partial charge < -0.3 is 9.13 Å². The molecule has 5 rings (SSSR count). The molecule has 0 aliphatic carbocycles. The Morgan fingerprint density at radius 3 is 2.44 bits per heavy atom. The van der Waals surface area contributed by atoms with E-state index in [9.17, 15) is 13.2 Å². The lowest BCUT2D eigenvalue weighted by atomic mass is 10.1. The Labute approximate surface area is 186 Å². The second-order valence-corrected chi connectivity index (χ2v) is 7.75. The SMILES string of the molecule is CCn1cc(C(F)(F)F)nc1-c1ccc(Cn2c3ccccc3c3cnc(Cl)nc32)cc1. The highest BCUT2D eigenvalue weighted by atomic mass is 35.5. The van der Waals surface area contributed by atoms with E-state index in [1.807, 2.05) is 36.4 Å². The molecular weight excluding hydrogens is 439 g/mol. The van der Waals surface area contributed by atoms with Crippen LogP contribution in [0.2, 0.25) is 5.28 Å². The molecule has 5 nitrogen and oxygen atoms in total. The Kier molecular flexibility index (Phi) is 4.89. The highest BCUT2D eigenvalue weighted by molar-refractivity contribution is 6.28. The molecule has 0 unspecified atom stereocenters. The maximum atomic E-state index is 13.1. The lowest BCUT2D eigenvalue weighted by Gasteiger charge is -2.09. The van der Waals surface area contributed by atoms with Crippen molar-refractivity contribution in [3.8, 4) is 11.4 Å². The van der Waals surface area contributed by atoms with E-state index in [1.165, 1.54) is 4.57 Å². The van der Waals surface area contributed by atoms with Crippen molar-refractivity contribution in [1.82, 2.24) is 24.1 Å². The van der Waals surface area contributed by atoms with Gasteiger partial charge in [-0.15, -0.1) is 0 Å². The number of rotatable bonds is 4. The van der Waals surface area contributed by atoms with Gasteiger partial charge in [0, 0.05) is 41.8 Å². The summed E-state index contributed by atoms with van der Waals surface area (Å²) in [4.78, 5) is 12.4. The van der Waals surface area contributed by atoms with Crippen LogP contribution in [-0.4, -0.2) is 24.1 Å². The molecule has 0 saturated carbocycles. The summed E-state index contributed by atoms with van der Waals surface area (Å²) in [5, 5.41) is 2.11. The summed E-state index contributed by atoms with van der Waals surface area (Å²) in [5.41, 5.74) is 2.43. The molecule has 0 spiro atoms. The number of imidazole rings is 1. The second kappa shape index (κ2) is 7.63. The Morgan fingerprint density at radius 1 is 0.969 bits per heavy atom. The van der Waals surface area contributed by atoms with Crippen molar-refractivity contribution in [2.75, 3.05) is 0 Å². The molecule has 3 aromatic heterocycles. The second-order valence-electron chi connectivity index (χ2n) is 7.41. The van der Waals surface area contributed by atoms with Gasteiger partial charge in [-0.25, -0.2) is 9.97 Å². The fourth-order valence-corrected chi connectivity index (χ4v) is 4.05. The van der Waals surface area contributed by atoms with Crippen molar-refractivity contribution < 1.29 is 13.2 Å². The van der Waals surface area contributed by atoms with Crippen LogP contribution in [-0.2, 0) is 19.3 Å². The largest absolute Gasteiger partial charge is 0.434 e. The average molecular weight is 456 g/mol. The molecule has 2 aromatic carbocycles. The smallest absolute Gasteiger partial charge is 0.331 e. The lowest BCUT2D eigenvalue weighted by molar-refractivity contribution is -0.140. The molecule has 9 heteroatoms. The van der Waals surface area contributed by atoms with Crippen molar-refractivity contribution in [3.63, 3.8) is 0 Å². The summed E-state index contributed by atoms with van der Waals surface area (Å²) >= 11 is 6.05. The summed E-state index contributed by atoms with van der Waals surface area (Å²) in [5.74, 6) is 0.294. The average Bonchev–Trinajstić information content (AvgIpc) is 3.34. The molecule has 0 atom stereocenters. The first kappa shape index (κ1) is 20.5. The zero-order valence-corrected chi connectivity index (χ0v) is 17.7. The molecule has 0 N–H and O–H groups in total. The zero-order chi connectivity index (χ0) is 22.5. The minimum absolute atomic E-state index is 0.170. The van der Waals surface area contributed by atoms with Crippen molar-refractivity contribution in [1.29, 1.82) is 0 Å². The number of nitrogens with zero attached hydrogens (tertiary/aromatic N) is 5. The summed E-state index contributed by atoms with van der Waals surface area (Å²) in [7, 11) is 0. The molecule has 0 bridgehead atoms. The van der Waals surface area contributed by atoms with Gasteiger partial charge in [0.15, 0.2) is 5.69 Å². The minimum atomic E-state index is -4.48. The Bertz CT molecular complexity index is 1430. The summed E-state index contributed by atoms with van der Waals surface area (Å²) in [6.07, 6.45) is -1.71. The number of halogens is 4. The first-order valence-electron chi connectivity index (χ1n) is 9.98. The van der Waals surface area contributed by atoms with Crippen molar-refractivity contribution in [2.24, 2.45) is 0 Å². The molecule has 0 amide bonds. The van der Waals surface area contributed by atoms with E-state index in [2.05, 4.69) is 19.5 Å². The van der Waals surface area contributed by atoms with Crippen LogP contribution in [0.1, 0.15) is 18.2 Å². The number of hydrogen-bond donors (Lipinski definition) is 0. The van der Waals surface area contributed by atoms with Gasteiger partial charge in [0.1, 0.15) is 11.5 Å². The van der Waals surface area contributed by atoms with Gasteiger partial charge in [-0.05, 0) is 30.2 Å². The normalized spacial score (nSPS) is 12.2. The maximum Gasteiger partial charge on any atom is 0.434 e. The molecule has 0 saturated heterocycles. The fraction of sp³-hybridized carbons (Fsp3) is 0.174. The van der Waals surface area contributed by atoms with Crippen molar-refractivity contribution in [2.45, 2.75) is 26.2 Å². The van der Waals surface area contributed by atoms with Crippen LogP contribution in [0.15, 0.2) is 60.9 Å². The molecule has 3 heterocycles. The first-order chi connectivity index (χ1) is 15.3. The molecule has 0 aliphatic rings. The molecule has 0 radical (unpaired) electrons. The van der Waals surface area contributed by atoms with E-state index in [1.54, 1.807) is 25.3 Å². The quantitative estimate of drug-likeness (QED) is 0.304. The van der Waals surface area contributed by atoms with Crippen LogP contribution in [0.4, 0.5) is 13.2 Å². The Morgan fingerprint density at radius 2 is 1.72 bits per heavy atom. The third kappa shape index (κ3) is 3.50. The topological polar surface area (TPSA) is 48.5 Å². The number of aryl methyl sites for hydroxylation is 1. The van der Waals surface area contributed by atoms with Crippen molar-refractivity contribution in [3.05, 3.63) is 77.5 Å². The van der Waals surface area contributed by atoms with Crippen LogP contribution in [0.5, 0.6) is 0 Å². The molecule has 0 aliphatic heterocycles. The van der Waals surface area contributed by atoms with E-state index in [0.29, 0.717) is 24.5 Å². The molecule has 0 fully saturated rings. The van der Waals surface area contributed by atoms with E-state index in [0.717, 1.165) is 33.7 Å². The number of para-hydroxylation sites is 1. The van der Waals surface area contributed by atoms with Gasteiger partial charge >= 0.3 is 6.18 Å². The lowest BCUT2D eigenvalue weighted by Crippen LogP contribution is -2.05. The predicted octanol–water partition coefficient (Wildman–Crippen LogP) is 6.19. The van der Waals surface area contributed by atoms with Crippen molar-refractivity contribution >= 4 is 33.5 Å². The van der Waals surface area contributed by atoms with Gasteiger partial charge in [0.05, 0.1) is 5.52 Å². The third-order valence-corrected chi connectivity index (χ3v) is 5.62. The summed E-state index contributed by atoms with van der Waals surface area (Å²) in [6.45, 7) is 2.70. The predicted molar refractivity (Wildman–Crippen MR) is 117 cm³/mol. The number of alkyl halides is 3. The highest BCUT2D eigenvalue weighted by Crippen LogP contribution is 2.32. The van der Waals surface area contributed by atoms with Gasteiger partial charge in [-0.2, -0.15) is 18.2 Å². The summed E-state index contributed by atoms with van der Waals surface area (Å²) < 4.78 is 42.8. The van der Waals surface area contributed by atoms with Crippen LogP contribution in [0.3, 0.4) is 0 Å². The fourth-order valence-electron chi connectivity index (χ4n) is 3.92. The monoisotopic (exact) mass is 455 g/mol. The maximum absolute atomic E-state index is 13.1. The highest BCUT2D eigenvalue weighted by Gasteiger charge is 2.34. The Balaban J connectivity index is 1.53. The standard InChI is InChI=1S/C23H17ClF3N5/c1-2-31-13-19(23(25,26)27)29-20(31)15-9-7-14(8-10-15)12-32-18-6-4-3-5-16(18)17-11-28-22(24)30-21(17)32/h3-11,13H,2,12H2,1H3. The molecule has 5 aromatic rings. The number of benzene rings is 2. The van der Waals surface area contributed by atoms with E-state index in [4.69, 9.17) is 11.6 Å². The molecular formula is C23H17ClF3N5. The van der Waals surface area contributed by atoms with E-state index in [-0.39, 0.29) is 5.28 Å². The van der Waals surface area contributed by atoms with E-state index >= 15 is 0 Å². The Hall–Kier alpha value is -3.39. The van der Waals surface area contributed by atoms with Crippen LogP contribution in [0, 0.1) is 0 Å². The van der Waals surface area contributed by atoms with Crippen LogP contribution < -0.4 is 0 Å². The van der Waals surface area contributed by atoms with E-state index < -0.39 is 11.9 Å². The summed E-state index contributed by atoms with van der Waals surface area (Å²) in [6, 6.07) is 15.3. The number of aromatic nitrogens is 5.